The lowest BCUT2D eigenvalue weighted by Gasteiger charge is -2.07. The fourth-order valence-electron chi connectivity index (χ4n) is 1.17. The fraction of sp³-hybridized carbons (Fsp3) is 0.400. The molecule has 0 amide bonds. The lowest BCUT2D eigenvalue weighted by molar-refractivity contribution is 0.145. The third-order valence-electron chi connectivity index (χ3n) is 1.92. The second-order valence-corrected chi connectivity index (χ2v) is 3.09. The van der Waals surface area contributed by atoms with Crippen molar-refractivity contribution in [3.8, 4) is 0 Å². The molecule has 0 aliphatic carbocycles. The van der Waals surface area contributed by atoms with Gasteiger partial charge < -0.3 is 5.32 Å². The average Bonchev–Trinajstić information content (AvgIpc) is 2.08. The van der Waals surface area contributed by atoms with E-state index < -0.39 is 6.43 Å². The molecule has 0 aliphatic rings. The molecule has 1 nitrogen and oxygen atoms in total. The predicted octanol–water partition coefficient (Wildman–Crippen LogP) is 2.49. The first kappa shape index (κ1) is 11.0. The second kappa shape index (κ2) is 5.00. The van der Waals surface area contributed by atoms with Gasteiger partial charge in [0.25, 0.3) is 6.43 Å². The largest absolute Gasteiger partial charge is 0.307 e. The number of hydrogen-bond donors (Lipinski definition) is 1. The Balaban J connectivity index is 2.51. The number of benzene rings is 1. The molecule has 0 aromatic heterocycles. The lowest BCUT2D eigenvalue weighted by Crippen LogP contribution is -2.21. The zero-order valence-corrected chi connectivity index (χ0v) is 7.86. The fourth-order valence-corrected chi connectivity index (χ4v) is 1.17. The van der Waals surface area contributed by atoms with Crippen LogP contribution in [0.4, 0.5) is 13.2 Å². The van der Waals surface area contributed by atoms with Crippen LogP contribution in [0.15, 0.2) is 18.2 Å². The first-order chi connectivity index (χ1) is 6.59. The van der Waals surface area contributed by atoms with E-state index in [0.717, 1.165) is 11.1 Å². The van der Waals surface area contributed by atoms with Gasteiger partial charge in [-0.1, -0.05) is 6.07 Å². The first-order valence-corrected chi connectivity index (χ1v) is 4.33. The summed E-state index contributed by atoms with van der Waals surface area (Å²) >= 11 is 0. The molecule has 1 N–H and O–H groups in total. The summed E-state index contributed by atoms with van der Waals surface area (Å²) in [5.74, 6) is -0.305. The molecule has 0 saturated heterocycles. The number of aryl methyl sites for hydroxylation is 1. The number of nitrogens with one attached hydrogen (secondary N) is 1. The zero-order valence-electron chi connectivity index (χ0n) is 7.86. The molecule has 14 heavy (non-hydrogen) atoms. The summed E-state index contributed by atoms with van der Waals surface area (Å²) in [4.78, 5) is 0. The Kier molecular flexibility index (Phi) is 3.95. The minimum absolute atomic E-state index is 0.305. The normalized spacial score (nSPS) is 10.9. The van der Waals surface area contributed by atoms with E-state index in [1.807, 2.05) is 0 Å². The van der Waals surface area contributed by atoms with Crippen LogP contribution in [-0.2, 0) is 6.54 Å². The van der Waals surface area contributed by atoms with Gasteiger partial charge in [-0.15, -0.1) is 0 Å². The molecule has 0 aliphatic heterocycles. The van der Waals surface area contributed by atoms with Crippen molar-refractivity contribution in [3.05, 3.63) is 35.1 Å². The average molecular weight is 203 g/mol. The Morgan fingerprint density at radius 1 is 1.36 bits per heavy atom. The maximum atomic E-state index is 12.7. The van der Waals surface area contributed by atoms with Crippen LogP contribution in [-0.4, -0.2) is 13.0 Å². The number of rotatable bonds is 4. The van der Waals surface area contributed by atoms with E-state index in [0.29, 0.717) is 6.54 Å². The molecule has 0 bridgehead atoms. The van der Waals surface area contributed by atoms with Gasteiger partial charge in [-0.3, -0.25) is 0 Å². The second-order valence-electron chi connectivity index (χ2n) is 3.09. The summed E-state index contributed by atoms with van der Waals surface area (Å²) in [6, 6.07) is 4.31. The topological polar surface area (TPSA) is 12.0 Å². The van der Waals surface area contributed by atoms with Gasteiger partial charge in [0.1, 0.15) is 5.82 Å². The highest BCUT2D eigenvalue weighted by Gasteiger charge is 2.03. The van der Waals surface area contributed by atoms with Crippen LogP contribution in [0, 0.1) is 12.7 Å². The molecule has 78 valence electrons. The van der Waals surface area contributed by atoms with E-state index in [-0.39, 0.29) is 12.4 Å². The maximum absolute atomic E-state index is 12.7. The maximum Gasteiger partial charge on any atom is 0.250 e. The van der Waals surface area contributed by atoms with Crippen molar-refractivity contribution in [1.82, 2.24) is 5.32 Å². The zero-order chi connectivity index (χ0) is 10.6. The molecular formula is C10H12F3N. The molecule has 0 unspecified atom stereocenters. The Labute approximate surface area is 80.9 Å². The highest BCUT2D eigenvalue weighted by atomic mass is 19.3. The highest BCUT2D eigenvalue weighted by molar-refractivity contribution is 5.26. The Hall–Kier alpha value is -1.03. The van der Waals surface area contributed by atoms with Crippen LogP contribution in [0.1, 0.15) is 11.1 Å². The van der Waals surface area contributed by atoms with Crippen molar-refractivity contribution in [2.24, 2.45) is 0 Å². The van der Waals surface area contributed by atoms with Crippen LogP contribution in [0.2, 0.25) is 0 Å². The van der Waals surface area contributed by atoms with Crippen molar-refractivity contribution < 1.29 is 13.2 Å². The number of hydrogen-bond acceptors (Lipinski definition) is 1. The molecule has 1 aromatic carbocycles. The molecule has 1 aromatic rings. The standard InChI is InChI=1S/C10H12F3N/c1-7-4-9(11)3-2-8(7)5-14-6-10(12)13/h2-4,10,14H,5-6H2,1H3. The van der Waals surface area contributed by atoms with E-state index >= 15 is 0 Å². The van der Waals surface area contributed by atoms with Crippen LogP contribution >= 0.6 is 0 Å². The van der Waals surface area contributed by atoms with E-state index in [1.165, 1.54) is 12.1 Å². The van der Waals surface area contributed by atoms with Crippen LogP contribution < -0.4 is 5.32 Å². The van der Waals surface area contributed by atoms with Gasteiger partial charge in [-0.25, -0.2) is 13.2 Å². The van der Waals surface area contributed by atoms with E-state index in [1.54, 1.807) is 13.0 Å². The van der Waals surface area contributed by atoms with E-state index in [9.17, 15) is 13.2 Å². The molecule has 0 fully saturated rings. The lowest BCUT2D eigenvalue weighted by atomic mass is 10.1. The van der Waals surface area contributed by atoms with Crippen LogP contribution in [0.25, 0.3) is 0 Å². The minimum atomic E-state index is -2.35. The molecule has 0 saturated carbocycles. The predicted molar refractivity (Wildman–Crippen MR) is 48.8 cm³/mol. The summed E-state index contributed by atoms with van der Waals surface area (Å²) < 4.78 is 36.2. The Morgan fingerprint density at radius 3 is 2.64 bits per heavy atom. The van der Waals surface area contributed by atoms with Crippen molar-refractivity contribution in [3.63, 3.8) is 0 Å². The molecule has 4 heteroatoms. The van der Waals surface area contributed by atoms with Crippen LogP contribution in [0.3, 0.4) is 0 Å². The number of alkyl halides is 2. The Morgan fingerprint density at radius 2 is 2.07 bits per heavy atom. The van der Waals surface area contributed by atoms with Crippen molar-refractivity contribution in [2.75, 3.05) is 6.54 Å². The van der Waals surface area contributed by atoms with Crippen molar-refractivity contribution >= 4 is 0 Å². The van der Waals surface area contributed by atoms with E-state index in [4.69, 9.17) is 0 Å². The van der Waals surface area contributed by atoms with E-state index in [2.05, 4.69) is 5.32 Å². The smallest absolute Gasteiger partial charge is 0.250 e. The summed E-state index contributed by atoms with van der Waals surface area (Å²) in [5.41, 5.74) is 1.61. The summed E-state index contributed by atoms with van der Waals surface area (Å²) in [5, 5.41) is 2.59. The summed E-state index contributed by atoms with van der Waals surface area (Å²) in [6.07, 6.45) is -2.35. The quantitative estimate of drug-likeness (QED) is 0.792. The van der Waals surface area contributed by atoms with Gasteiger partial charge in [0, 0.05) is 6.54 Å². The monoisotopic (exact) mass is 203 g/mol. The summed E-state index contributed by atoms with van der Waals surface area (Å²) in [6.45, 7) is 1.76. The minimum Gasteiger partial charge on any atom is -0.307 e. The first-order valence-electron chi connectivity index (χ1n) is 4.33. The van der Waals surface area contributed by atoms with Gasteiger partial charge in [-0.2, -0.15) is 0 Å². The van der Waals surface area contributed by atoms with Gasteiger partial charge in [0.15, 0.2) is 0 Å². The highest BCUT2D eigenvalue weighted by Crippen LogP contribution is 2.09. The molecule has 0 heterocycles. The molecular weight excluding hydrogens is 191 g/mol. The van der Waals surface area contributed by atoms with Gasteiger partial charge >= 0.3 is 0 Å². The summed E-state index contributed by atoms with van der Waals surface area (Å²) in [7, 11) is 0. The molecule has 0 spiro atoms. The molecule has 1 rings (SSSR count). The number of halogens is 3. The van der Waals surface area contributed by atoms with Crippen molar-refractivity contribution in [2.45, 2.75) is 19.9 Å². The SMILES string of the molecule is Cc1cc(F)ccc1CNCC(F)F. The Bertz CT molecular complexity index is 299. The molecule has 0 radical (unpaired) electrons. The third-order valence-corrected chi connectivity index (χ3v) is 1.92. The third kappa shape index (κ3) is 3.38. The van der Waals surface area contributed by atoms with Gasteiger partial charge in [-0.05, 0) is 30.2 Å². The van der Waals surface area contributed by atoms with Gasteiger partial charge in [0.2, 0.25) is 0 Å². The van der Waals surface area contributed by atoms with Crippen LogP contribution in [0.5, 0.6) is 0 Å². The molecule has 0 atom stereocenters. The van der Waals surface area contributed by atoms with Gasteiger partial charge in [0.05, 0.1) is 6.54 Å². The van der Waals surface area contributed by atoms with Crippen molar-refractivity contribution in [1.29, 1.82) is 0 Å².